The van der Waals surface area contributed by atoms with E-state index in [0.717, 1.165) is 11.3 Å². The Kier molecular flexibility index (Phi) is 8.88. The van der Waals surface area contributed by atoms with Crippen LogP contribution in [0.4, 0.5) is 26.7 Å². The molecule has 4 aliphatic rings. The van der Waals surface area contributed by atoms with Crippen LogP contribution in [0.1, 0.15) is 85.0 Å². The Morgan fingerprint density at radius 3 is 2.02 bits per heavy atom. The smallest absolute Gasteiger partial charge is 0.410 e. The molecule has 2 saturated carbocycles. The van der Waals surface area contributed by atoms with E-state index in [9.17, 15) is 41.4 Å². The summed E-state index contributed by atoms with van der Waals surface area (Å²) in [6.45, 7) is 4.45. The van der Waals surface area contributed by atoms with Gasteiger partial charge in [0.15, 0.2) is 0 Å². The molecule has 2 aliphatic carbocycles. The summed E-state index contributed by atoms with van der Waals surface area (Å²) in [4.78, 5) is 43.8. The molecule has 240 valence electrons. The van der Waals surface area contributed by atoms with Crippen molar-refractivity contribution in [3.8, 4) is 0 Å². The van der Waals surface area contributed by atoms with Crippen LogP contribution in [-0.2, 0) is 14.3 Å². The van der Waals surface area contributed by atoms with E-state index in [-0.39, 0.29) is 64.2 Å². The number of carbonyl (C=O) groups excluding carboxylic acids is 3. The quantitative estimate of drug-likeness (QED) is 0.454. The monoisotopic (exact) mass is 609 g/mol. The molecule has 42 heavy (non-hydrogen) atoms. The lowest BCUT2D eigenvalue weighted by Gasteiger charge is -2.54. The molecule has 0 aromatic carbocycles. The van der Waals surface area contributed by atoms with Gasteiger partial charge in [-0.05, 0) is 65.2 Å². The molecule has 0 unspecified atom stereocenters. The standard InChI is InChI=1S/C29H44F5N3O5/c1-25(2,3)42-24(41)37-18-26(8-5-9-26)21(38)16-20(37)22(39)36-14-12-27(13-15-36,29(32,33)34)23(40)35(4)17-19-6-10-28(30,31)11-7-19/h19-21,38H,5-18H2,1-4H3/t20-,21+/m0/s1. The minimum atomic E-state index is -4.88. The second kappa shape index (κ2) is 11.4. The van der Waals surface area contributed by atoms with Crippen LogP contribution in [0, 0.1) is 16.7 Å². The largest absolute Gasteiger partial charge is 0.444 e. The topological polar surface area (TPSA) is 90.4 Å². The summed E-state index contributed by atoms with van der Waals surface area (Å²) in [6, 6.07) is -1.10. The highest BCUT2D eigenvalue weighted by molar-refractivity contribution is 5.87. The zero-order valence-electron chi connectivity index (χ0n) is 24.9. The molecule has 1 spiro atoms. The van der Waals surface area contributed by atoms with Gasteiger partial charge in [0.25, 0.3) is 0 Å². The van der Waals surface area contributed by atoms with Gasteiger partial charge in [-0.3, -0.25) is 14.5 Å². The first-order chi connectivity index (χ1) is 19.3. The summed E-state index contributed by atoms with van der Waals surface area (Å²) in [5.41, 5.74) is -4.06. The third kappa shape index (κ3) is 6.50. The van der Waals surface area contributed by atoms with E-state index in [4.69, 9.17) is 4.74 Å². The third-order valence-corrected chi connectivity index (χ3v) is 9.87. The van der Waals surface area contributed by atoms with Crippen LogP contribution in [0.5, 0.6) is 0 Å². The maximum Gasteiger partial charge on any atom is 0.410 e. The molecule has 2 atom stereocenters. The van der Waals surface area contributed by atoms with Crippen LogP contribution in [0.25, 0.3) is 0 Å². The molecular formula is C29H44F5N3O5. The number of alkyl halides is 5. The van der Waals surface area contributed by atoms with Crippen LogP contribution in [0.15, 0.2) is 0 Å². The van der Waals surface area contributed by atoms with Crippen LogP contribution in [0.2, 0.25) is 0 Å². The molecular weight excluding hydrogens is 565 g/mol. The molecule has 2 saturated heterocycles. The second-order valence-corrected chi connectivity index (χ2v) is 14.0. The van der Waals surface area contributed by atoms with E-state index < -0.39 is 71.4 Å². The molecule has 4 rings (SSSR count). The number of nitrogens with zero attached hydrogens (tertiary/aromatic N) is 3. The van der Waals surface area contributed by atoms with Gasteiger partial charge in [0.1, 0.15) is 17.1 Å². The number of ether oxygens (including phenoxy) is 1. The second-order valence-electron chi connectivity index (χ2n) is 14.0. The van der Waals surface area contributed by atoms with Crippen molar-refractivity contribution in [3.05, 3.63) is 0 Å². The normalized spacial score (nSPS) is 27.8. The first-order valence-electron chi connectivity index (χ1n) is 15.0. The number of hydrogen-bond acceptors (Lipinski definition) is 5. The van der Waals surface area contributed by atoms with E-state index in [0.29, 0.717) is 12.8 Å². The Morgan fingerprint density at radius 2 is 1.55 bits per heavy atom. The molecule has 4 fully saturated rings. The zero-order valence-corrected chi connectivity index (χ0v) is 24.9. The number of carbonyl (C=O) groups is 3. The van der Waals surface area contributed by atoms with Crippen molar-refractivity contribution in [2.24, 2.45) is 16.7 Å². The van der Waals surface area contributed by atoms with E-state index in [2.05, 4.69) is 0 Å². The van der Waals surface area contributed by atoms with Gasteiger partial charge in [-0.2, -0.15) is 13.2 Å². The highest BCUT2D eigenvalue weighted by Gasteiger charge is 2.62. The van der Waals surface area contributed by atoms with Gasteiger partial charge in [-0.15, -0.1) is 0 Å². The van der Waals surface area contributed by atoms with Crippen molar-refractivity contribution in [1.29, 1.82) is 0 Å². The van der Waals surface area contributed by atoms with Crippen molar-refractivity contribution >= 4 is 17.9 Å². The lowest BCUT2D eigenvalue weighted by atomic mass is 9.61. The summed E-state index contributed by atoms with van der Waals surface area (Å²) in [5, 5.41) is 10.9. The minimum absolute atomic E-state index is 0.0397. The molecule has 8 nitrogen and oxygen atoms in total. The lowest BCUT2D eigenvalue weighted by Crippen LogP contribution is -2.65. The minimum Gasteiger partial charge on any atom is -0.444 e. The lowest BCUT2D eigenvalue weighted by molar-refractivity contribution is -0.238. The molecule has 0 aromatic rings. The molecule has 0 aromatic heterocycles. The summed E-state index contributed by atoms with van der Waals surface area (Å²) < 4.78 is 76.2. The predicted octanol–water partition coefficient (Wildman–Crippen LogP) is 4.98. The Hall–Kier alpha value is -2.18. The average Bonchev–Trinajstić information content (AvgIpc) is 2.86. The summed E-state index contributed by atoms with van der Waals surface area (Å²) in [7, 11) is 1.28. The molecule has 13 heteroatoms. The maximum absolute atomic E-state index is 14.5. The van der Waals surface area contributed by atoms with Gasteiger partial charge in [0.05, 0.1) is 6.10 Å². The number of aliphatic hydroxyl groups is 1. The molecule has 3 amide bonds. The van der Waals surface area contributed by atoms with E-state index in [1.807, 2.05) is 0 Å². The number of rotatable bonds is 4. The van der Waals surface area contributed by atoms with Crippen molar-refractivity contribution < 1.29 is 46.2 Å². The van der Waals surface area contributed by atoms with Crippen molar-refractivity contribution in [1.82, 2.24) is 14.7 Å². The first kappa shape index (κ1) is 32.7. The van der Waals surface area contributed by atoms with Gasteiger partial charge in [0.2, 0.25) is 17.7 Å². The van der Waals surface area contributed by atoms with Crippen molar-refractivity contribution in [2.45, 2.75) is 115 Å². The first-order valence-corrected chi connectivity index (χ1v) is 15.0. The van der Waals surface area contributed by atoms with Crippen LogP contribution in [0.3, 0.4) is 0 Å². The number of amides is 3. The molecule has 1 N–H and O–H groups in total. The van der Waals surface area contributed by atoms with Gasteiger partial charge in [-0.1, -0.05) is 6.42 Å². The zero-order chi connectivity index (χ0) is 31.3. The molecule has 2 heterocycles. The third-order valence-electron chi connectivity index (χ3n) is 9.87. The summed E-state index contributed by atoms with van der Waals surface area (Å²) in [5.74, 6) is -4.78. The van der Waals surface area contributed by atoms with Crippen molar-refractivity contribution in [3.63, 3.8) is 0 Å². The van der Waals surface area contributed by atoms with Gasteiger partial charge >= 0.3 is 12.3 Å². The molecule has 0 radical (unpaired) electrons. The predicted molar refractivity (Wildman–Crippen MR) is 142 cm³/mol. The Bertz CT molecular complexity index is 1020. The fourth-order valence-electron chi connectivity index (χ4n) is 7.07. The Morgan fingerprint density at radius 1 is 0.976 bits per heavy atom. The van der Waals surface area contributed by atoms with E-state index >= 15 is 0 Å². The number of aliphatic hydroxyl groups excluding tert-OH is 1. The molecule has 0 bridgehead atoms. The number of hydrogen-bond donors (Lipinski definition) is 1. The highest BCUT2D eigenvalue weighted by Crippen LogP contribution is 2.51. The maximum atomic E-state index is 14.5. The highest BCUT2D eigenvalue weighted by atomic mass is 19.4. The van der Waals surface area contributed by atoms with Crippen LogP contribution >= 0.6 is 0 Å². The van der Waals surface area contributed by atoms with Crippen LogP contribution in [-0.4, -0.2) is 101 Å². The summed E-state index contributed by atoms with van der Waals surface area (Å²) >= 11 is 0. The molecule has 2 aliphatic heterocycles. The average molecular weight is 610 g/mol. The fourth-order valence-corrected chi connectivity index (χ4v) is 7.07. The number of piperidine rings is 2. The van der Waals surface area contributed by atoms with Crippen LogP contribution < -0.4 is 0 Å². The SMILES string of the molecule is CN(CC1CCC(F)(F)CC1)C(=O)C1(C(F)(F)F)CCN(C(=O)[C@@H]2C[C@@H](O)C3(CCC3)CN2C(=O)OC(C)(C)C)CC1. The van der Waals surface area contributed by atoms with Gasteiger partial charge in [-0.25, -0.2) is 13.6 Å². The number of likely N-dealkylation sites (tertiary alicyclic amines) is 2. The fraction of sp³-hybridized carbons (Fsp3) is 0.897. The Labute approximate surface area is 243 Å². The van der Waals surface area contributed by atoms with E-state index in [1.54, 1.807) is 20.8 Å². The number of halogens is 5. The van der Waals surface area contributed by atoms with E-state index in [1.165, 1.54) is 16.8 Å². The van der Waals surface area contributed by atoms with Gasteiger partial charge in [0, 0.05) is 57.9 Å². The van der Waals surface area contributed by atoms with Crippen molar-refractivity contribution in [2.75, 3.05) is 33.2 Å². The Balaban J connectivity index is 1.46. The summed E-state index contributed by atoms with van der Waals surface area (Å²) in [6.07, 6.45) is -5.92. The van der Waals surface area contributed by atoms with Gasteiger partial charge < -0.3 is 19.6 Å².